The number of aromatic nitrogens is 2. The van der Waals surface area contributed by atoms with Crippen molar-refractivity contribution >= 4 is 5.91 Å². The topological polar surface area (TPSA) is 68.5 Å². The monoisotopic (exact) mass is 423 g/mol. The summed E-state index contributed by atoms with van der Waals surface area (Å²) < 4.78 is 11.5. The lowest BCUT2D eigenvalue weighted by atomic mass is 9.91. The van der Waals surface area contributed by atoms with E-state index in [0.29, 0.717) is 24.7 Å². The summed E-state index contributed by atoms with van der Waals surface area (Å²) in [4.78, 5) is 20.3. The van der Waals surface area contributed by atoms with Crippen LogP contribution in [0.25, 0.3) is 0 Å². The number of ether oxygens (including phenoxy) is 1. The zero-order valence-electron chi connectivity index (χ0n) is 18.3. The standard InChI is InChI=1S/C25H33N3O3/c29-24(25(14-15-25)20-10-2-1-3-11-20)28-16-7-6-12-21(28)23-26-22(27-31-23)13-17-30-18-19-8-4-5-9-19/h1-3,10-11,19,21H,4-9,12-18H2. The van der Waals surface area contributed by atoms with E-state index in [4.69, 9.17) is 9.26 Å². The maximum Gasteiger partial charge on any atom is 0.249 e. The number of hydrogen-bond acceptors (Lipinski definition) is 5. The highest BCUT2D eigenvalue weighted by molar-refractivity contribution is 5.91. The van der Waals surface area contributed by atoms with Crippen molar-refractivity contribution in [3.63, 3.8) is 0 Å². The van der Waals surface area contributed by atoms with Gasteiger partial charge in [-0.05, 0) is 56.4 Å². The molecule has 2 heterocycles. The Balaban J connectivity index is 1.22. The van der Waals surface area contributed by atoms with Crippen molar-refractivity contribution in [2.45, 2.75) is 75.7 Å². The van der Waals surface area contributed by atoms with Gasteiger partial charge in [-0.15, -0.1) is 0 Å². The van der Waals surface area contributed by atoms with E-state index in [2.05, 4.69) is 22.3 Å². The van der Waals surface area contributed by atoms with Gasteiger partial charge in [0, 0.05) is 19.6 Å². The van der Waals surface area contributed by atoms with Crippen LogP contribution >= 0.6 is 0 Å². The van der Waals surface area contributed by atoms with Crippen LogP contribution < -0.4 is 0 Å². The maximum atomic E-state index is 13.6. The molecule has 6 nitrogen and oxygen atoms in total. The highest BCUT2D eigenvalue weighted by Gasteiger charge is 2.54. The van der Waals surface area contributed by atoms with Gasteiger partial charge >= 0.3 is 0 Å². The molecule has 0 N–H and O–H groups in total. The van der Waals surface area contributed by atoms with Crippen LogP contribution in [0.3, 0.4) is 0 Å². The minimum absolute atomic E-state index is 0.108. The molecule has 2 aliphatic carbocycles. The fraction of sp³-hybridized carbons (Fsp3) is 0.640. The Labute approximate surface area is 184 Å². The Morgan fingerprint density at radius 1 is 1.10 bits per heavy atom. The normalized spacial score (nSPS) is 23.2. The first kappa shape index (κ1) is 20.7. The van der Waals surface area contributed by atoms with Gasteiger partial charge in [-0.1, -0.05) is 48.3 Å². The molecule has 1 aliphatic heterocycles. The Kier molecular flexibility index (Phi) is 6.08. The fourth-order valence-corrected chi connectivity index (χ4v) is 5.31. The fourth-order valence-electron chi connectivity index (χ4n) is 5.31. The van der Waals surface area contributed by atoms with E-state index in [0.717, 1.165) is 56.7 Å². The Morgan fingerprint density at radius 3 is 2.65 bits per heavy atom. The van der Waals surface area contributed by atoms with Crippen molar-refractivity contribution in [1.82, 2.24) is 15.0 Å². The van der Waals surface area contributed by atoms with Crippen LogP contribution in [0.1, 0.15) is 81.1 Å². The summed E-state index contributed by atoms with van der Waals surface area (Å²) in [5.41, 5.74) is 0.781. The van der Waals surface area contributed by atoms with Gasteiger partial charge in [-0.25, -0.2) is 0 Å². The van der Waals surface area contributed by atoms with Crippen LogP contribution in [0.5, 0.6) is 0 Å². The number of nitrogens with zero attached hydrogens (tertiary/aromatic N) is 3. The molecule has 1 aromatic carbocycles. The van der Waals surface area contributed by atoms with E-state index >= 15 is 0 Å². The molecule has 0 radical (unpaired) electrons. The Bertz CT molecular complexity index is 871. The van der Waals surface area contributed by atoms with E-state index in [1.165, 1.54) is 25.7 Å². The van der Waals surface area contributed by atoms with Crippen LogP contribution in [0, 0.1) is 5.92 Å². The highest BCUT2D eigenvalue weighted by Crippen LogP contribution is 2.51. The summed E-state index contributed by atoms with van der Waals surface area (Å²) in [5, 5.41) is 4.19. The number of likely N-dealkylation sites (tertiary alicyclic amines) is 1. The number of benzene rings is 1. The van der Waals surface area contributed by atoms with E-state index in [1.807, 2.05) is 23.1 Å². The third-order valence-electron chi connectivity index (χ3n) is 7.32. The lowest BCUT2D eigenvalue weighted by Gasteiger charge is -2.36. The molecule has 0 bridgehead atoms. The van der Waals surface area contributed by atoms with Crippen molar-refractivity contribution in [3.05, 3.63) is 47.6 Å². The van der Waals surface area contributed by atoms with E-state index < -0.39 is 0 Å². The lowest BCUT2D eigenvalue weighted by Crippen LogP contribution is -2.44. The van der Waals surface area contributed by atoms with Crippen molar-refractivity contribution in [1.29, 1.82) is 0 Å². The second-order valence-corrected chi connectivity index (χ2v) is 9.48. The number of carbonyl (C=O) groups is 1. The largest absolute Gasteiger partial charge is 0.381 e. The molecule has 31 heavy (non-hydrogen) atoms. The minimum Gasteiger partial charge on any atom is -0.381 e. The average Bonchev–Trinajstić information content (AvgIpc) is 3.22. The molecule has 6 heteroatoms. The summed E-state index contributed by atoms with van der Waals surface area (Å²) in [7, 11) is 0. The summed E-state index contributed by atoms with van der Waals surface area (Å²) in [6, 6.07) is 10.1. The predicted octanol–water partition coefficient (Wildman–Crippen LogP) is 4.60. The zero-order chi connectivity index (χ0) is 21.1. The molecule has 1 unspecified atom stereocenters. The first-order valence-corrected chi connectivity index (χ1v) is 12.0. The maximum absolute atomic E-state index is 13.6. The van der Waals surface area contributed by atoms with Gasteiger partial charge in [-0.3, -0.25) is 4.79 Å². The smallest absolute Gasteiger partial charge is 0.249 e. The third kappa shape index (κ3) is 4.40. The number of hydrogen-bond donors (Lipinski definition) is 0. The summed E-state index contributed by atoms with van der Waals surface area (Å²) >= 11 is 0. The van der Waals surface area contributed by atoms with Crippen LogP contribution in [0.15, 0.2) is 34.9 Å². The second kappa shape index (κ2) is 9.11. The quantitative estimate of drug-likeness (QED) is 0.580. The van der Waals surface area contributed by atoms with Crippen LogP contribution in [0.2, 0.25) is 0 Å². The molecular formula is C25H33N3O3. The first-order valence-electron chi connectivity index (χ1n) is 12.0. The molecule has 1 amide bonds. The molecule has 3 aliphatic rings. The van der Waals surface area contributed by atoms with Crippen LogP contribution in [-0.4, -0.2) is 40.7 Å². The highest BCUT2D eigenvalue weighted by atomic mass is 16.5. The van der Waals surface area contributed by atoms with Crippen LogP contribution in [-0.2, 0) is 21.4 Å². The van der Waals surface area contributed by atoms with Gasteiger partial charge in [-0.2, -0.15) is 4.98 Å². The van der Waals surface area contributed by atoms with Gasteiger partial charge in [0.15, 0.2) is 5.82 Å². The molecule has 1 atom stereocenters. The average molecular weight is 424 g/mol. The molecule has 1 saturated heterocycles. The molecular weight excluding hydrogens is 390 g/mol. The van der Waals surface area contributed by atoms with Gasteiger partial charge < -0.3 is 14.2 Å². The number of rotatable bonds is 8. The zero-order valence-corrected chi connectivity index (χ0v) is 18.3. The van der Waals surface area contributed by atoms with Crippen molar-refractivity contribution in [2.75, 3.05) is 19.8 Å². The van der Waals surface area contributed by atoms with Gasteiger partial charge in [0.1, 0.15) is 6.04 Å². The minimum atomic E-state index is -0.353. The Morgan fingerprint density at radius 2 is 1.87 bits per heavy atom. The molecule has 0 spiro atoms. The van der Waals surface area contributed by atoms with Crippen molar-refractivity contribution < 1.29 is 14.1 Å². The van der Waals surface area contributed by atoms with E-state index in [9.17, 15) is 4.79 Å². The van der Waals surface area contributed by atoms with E-state index in [1.54, 1.807) is 0 Å². The second-order valence-electron chi connectivity index (χ2n) is 9.48. The molecule has 5 rings (SSSR count). The molecule has 1 aromatic heterocycles. The van der Waals surface area contributed by atoms with E-state index in [-0.39, 0.29) is 17.4 Å². The number of carbonyl (C=O) groups excluding carboxylic acids is 1. The number of amides is 1. The van der Waals surface area contributed by atoms with Crippen molar-refractivity contribution in [2.24, 2.45) is 5.92 Å². The molecule has 2 saturated carbocycles. The summed E-state index contributed by atoms with van der Waals surface area (Å²) in [6.07, 6.45) is 10.8. The molecule has 166 valence electrons. The number of piperidine rings is 1. The first-order chi connectivity index (χ1) is 15.3. The third-order valence-corrected chi connectivity index (χ3v) is 7.32. The molecule has 2 aromatic rings. The van der Waals surface area contributed by atoms with Gasteiger partial charge in [0.25, 0.3) is 0 Å². The van der Waals surface area contributed by atoms with Crippen LogP contribution in [0.4, 0.5) is 0 Å². The van der Waals surface area contributed by atoms with Gasteiger partial charge in [0.05, 0.1) is 12.0 Å². The van der Waals surface area contributed by atoms with Gasteiger partial charge in [0.2, 0.25) is 11.8 Å². The Hall–Kier alpha value is -2.21. The molecule has 3 fully saturated rings. The summed E-state index contributed by atoms with van der Waals surface area (Å²) in [5.74, 6) is 2.22. The lowest BCUT2D eigenvalue weighted by molar-refractivity contribution is -0.138. The SMILES string of the molecule is O=C(N1CCCCC1c1nc(CCOCC2CCCC2)no1)C1(c2ccccc2)CC1. The summed E-state index contributed by atoms with van der Waals surface area (Å²) in [6.45, 7) is 2.23. The predicted molar refractivity (Wildman–Crippen MR) is 116 cm³/mol. The van der Waals surface area contributed by atoms with Crippen molar-refractivity contribution in [3.8, 4) is 0 Å².